The van der Waals surface area contributed by atoms with E-state index in [0.29, 0.717) is 60.1 Å². The Kier molecular flexibility index (Phi) is 15.9. The second-order valence-corrected chi connectivity index (χ2v) is 18.4. The third-order valence-corrected chi connectivity index (χ3v) is 11.3. The Morgan fingerprint density at radius 2 is 1.72 bits per heavy atom. The fourth-order valence-corrected chi connectivity index (χ4v) is 8.88. The van der Waals surface area contributed by atoms with E-state index >= 15 is 0 Å². The Balaban J connectivity index is 1.79. The number of allylic oxidation sites excluding steroid dienone is 1. The van der Waals surface area contributed by atoms with Gasteiger partial charge in [0.15, 0.2) is 6.29 Å². The molecule has 6 unspecified atom stereocenters. The van der Waals surface area contributed by atoms with Gasteiger partial charge in [-0.05, 0) is 112 Å². The number of nitrogens with zero attached hydrogens (tertiary/aromatic N) is 2. The monoisotopic (exact) mass is 832 g/mol. The minimum absolute atomic E-state index is 0.0345. The number of rotatable bonds is 20. The van der Waals surface area contributed by atoms with Crippen LogP contribution in [0.1, 0.15) is 122 Å². The molecular weight excluding hydrogens is 765 g/mol. The van der Waals surface area contributed by atoms with Crippen LogP contribution < -0.4 is 14.2 Å². The molecule has 1 amide bonds. The lowest BCUT2D eigenvalue weighted by Gasteiger charge is -2.60. The van der Waals surface area contributed by atoms with E-state index in [4.69, 9.17) is 33.7 Å². The van der Waals surface area contributed by atoms with Gasteiger partial charge in [-0.3, -0.25) is 9.69 Å². The van der Waals surface area contributed by atoms with Crippen LogP contribution in [0.5, 0.6) is 23.0 Å². The normalized spacial score (nSPS) is 24.0. The number of oxime groups is 1. The van der Waals surface area contributed by atoms with E-state index in [2.05, 4.69) is 12.7 Å². The van der Waals surface area contributed by atoms with E-state index in [1.165, 1.54) is 7.11 Å². The molecule has 2 aliphatic carbocycles. The summed E-state index contributed by atoms with van der Waals surface area (Å²) in [5.41, 5.74) is 2.09. The zero-order valence-corrected chi connectivity index (χ0v) is 37.0. The van der Waals surface area contributed by atoms with Crippen molar-refractivity contribution >= 4 is 18.1 Å². The first kappa shape index (κ1) is 46.7. The predicted molar refractivity (Wildman–Crippen MR) is 232 cm³/mol. The quantitative estimate of drug-likeness (QED) is 0.0573. The van der Waals surface area contributed by atoms with Crippen molar-refractivity contribution in [2.24, 2.45) is 28.3 Å². The van der Waals surface area contributed by atoms with Crippen LogP contribution in [0.4, 0.5) is 4.79 Å². The molecule has 0 spiro atoms. The van der Waals surface area contributed by atoms with E-state index in [-0.39, 0.29) is 56.0 Å². The first-order valence-electron chi connectivity index (χ1n) is 21.6. The largest absolute Gasteiger partial charge is 0.496 e. The summed E-state index contributed by atoms with van der Waals surface area (Å²) in [6.07, 6.45) is 9.78. The molecule has 330 valence electrons. The van der Waals surface area contributed by atoms with E-state index in [1.807, 2.05) is 66.7 Å². The fraction of sp³-hybridized carbons (Fsp3) is 0.604. The first-order chi connectivity index (χ1) is 28.6. The third-order valence-electron chi connectivity index (χ3n) is 11.3. The molecular formula is C48H68N2O10. The molecule has 1 aliphatic heterocycles. The van der Waals surface area contributed by atoms with Crippen molar-refractivity contribution in [3.8, 4) is 23.0 Å². The number of aliphatic hydroxyl groups excluding tert-OH is 2. The third kappa shape index (κ3) is 10.9. The van der Waals surface area contributed by atoms with Gasteiger partial charge in [0.05, 0.1) is 37.5 Å². The molecule has 5 rings (SSSR count). The number of ether oxygens (including phenoxy) is 5. The highest BCUT2D eigenvalue weighted by Crippen LogP contribution is 2.62. The van der Waals surface area contributed by atoms with Gasteiger partial charge in [-0.25, -0.2) is 4.79 Å². The van der Waals surface area contributed by atoms with Gasteiger partial charge in [-0.15, -0.1) is 6.58 Å². The number of methoxy groups -OCH3 is 1. The summed E-state index contributed by atoms with van der Waals surface area (Å²) >= 11 is 0. The van der Waals surface area contributed by atoms with Crippen molar-refractivity contribution in [2.75, 3.05) is 40.1 Å². The Bertz CT molecular complexity index is 1840. The lowest BCUT2D eigenvalue weighted by molar-refractivity contribution is -0.255. The van der Waals surface area contributed by atoms with Crippen molar-refractivity contribution in [1.29, 1.82) is 0 Å². The van der Waals surface area contributed by atoms with E-state index < -0.39 is 29.4 Å². The SMILES string of the molecule is C=CCOC12Oc3ccc(Oc4ccc(OC)c(C=O)c4)cc3C3C(CCCCO)C(CCCCO)C=C(C(=NOC(C)(C)C)CC1N(CCC)C(=O)OCC(C)(C)C)C32. The average Bonchev–Trinajstić information content (AvgIpc) is 3.21. The molecule has 12 nitrogen and oxygen atoms in total. The molecule has 3 aliphatic rings. The summed E-state index contributed by atoms with van der Waals surface area (Å²) in [4.78, 5) is 34.3. The fourth-order valence-electron chi connectivity index (χ4n) is 8.88. The second-order valence-electron chi connectivity index (χ2n) is 18.4. The molecule has 1 fully saturated rings. The summed E-state index contributed by atoms with van der Waals surface area (Å²) < 4.78 is 32.3. The van der Waals surface area contributed by atoms with Crippen LogP contribution in [0.15, 0.2) is 65.9 Å². The molecule has 0 radical (unpaired) electrons. The molecule has 0 bridgehead atoms. The van der Waals surface area contributed by atoms with Gasteiger partial charge in [0.2, 0.25) is 5.79 Å². The van der Waals surface area contributed by atoms with Crippen molar-refractivity contribution < 1.29 is 48.3 Å². The molecule has 2 aromatic rings. The van der Waals surface area contributed by atoms with E-state index in [1.54, 1.807) is 29.2 Å². The minimum Gasteiger partial charge on any atom is -0.496 e. The van der Waals surface area contributed by atoms with Crippen LogP contribution in [0, 0.1) is 23.2 Å². The lowest BCUT2D eigenvalue weighted by Crippen LogP contribution is -2.70. The van der Waals surface area contributed by atoms with Crippen LogP contribution in [0.3, 0.4) is 0 Å². The summed E-state index contributed by atoms with van der Waals surface area (Å²) in [6.45, 7) is 18.9. The molecule has 6 atom stereocenters. The van der Waals surface area contributed by atoms with Crippen molar-refractivity contribution in [2.45, 2.75) is 123 Å². The highest BCUT2D eigenvalue weighted by molar-refractivity contribution is 6.03. The van der Waals surface area contributed by atoms with Gasteiger partial charge in [0.1, 0.15) is 34.6 Å². The minimum atomic E-state index is -1.41. The highest BCUT2D eigenvalue weighted by atomic mass is 16.7. The highest BCUT2D eigenvalue weighted by Gasteiger charge is 2.65. The number of hydrogen-bond acceptors (Lipinski definition) is 11. The zero-order valence-electron chi connectivity index (χ0n) is 37.0. The van der Waals surface area contributed by atoms with Crippen molar-refractivity contribution in [3.63, 3.8) is 0 Å². The van der Waals surface area contributed by atoms with Crippen LogP contribution in [0.25, 0.3) is 0 Å². The van der Waals surface area contributed by atoms with Gasteiger partial charge in [0.25, 0.3) is 0 Å². The molecule has 1 saturated carbocycles. The van der Waals surface area contributed by atoms with E-state index in [0.717, 1.165) is 43.1 Å². The molecule has 2 aromatic carbocycles. The molecule has 0 aromatic heterocycles. The molecule has 0 saturated heterocycles. The molecule has 60 heavy (non-hydrogen) atoms. The van der Waals surface area contributed by atoms with Crippen molar-refractivity contribution in [1.82, 2.24) is 4.90 Å². The molecule has 2 N–H and O–H groups in total. The van der Waals surface area contributed by atoms with E-state index in [9.17, 15) is 19.8 Å². The van der Waals surface area contributed by atoms with Crippen LogP contribution in [0.2, 0.25) is 0 Å². The summed E-state index contributed by atoms with van der Waals surface area (Å²) in [5.74, 6) is 0.0561. The van der Waals surface area contributed by atoms with Crippen LogP contribution >= 0.6 is 0 Å². The van der Waals surface area contributed by atoms with Gasteiger partial charge < -0.3 is 38.7 Å². The number of carbonyl (C=O) groups is 2. The number of amides is 1. The Morgan fingerprint density at radius 3 is 2.35 bits per heavy atom. The van der Waals surface area contributed by atoms with Gasteiger partial charge in [0, 0.05) is 37.7 Å². The second kappa shape index (κ2) is 20.4. The number of unbranched alkanes of at least 4 members (excludes halogenated alkanes) is 2. The maximum atomic E-state index is 14.4. The number of carbonyl (C=O) groups excluding carboxylic acids is 2. The van der Waals surface area contributed by atoms with Crippen LogP contribution in [-0.2, 0) is 14.3 Å². The van der Waals surface area contributed by atoms with Gasteiger partial charge in [-0.2, -0.15) is 0 Å². The maximum absolute atomic E-state index is 14.4. The average molecular weight is 833 g/mol. The Hall–Kier alpha value is -4.39. The zero-order chi connectivity index (χ0) is 43.7. The van der Waals surface area contributed by atoms with Gasteiger partial charge >= 0.3 is 6.09 Å². The Labute approximate surface area is 356 Å². The smallest absolute Gasteiger partial charge is 0.410 e. The standard InChI is InChI=1S/C48H68N2O10/c1-10-22-50(45(54)56-31-46(3,4)5)42-29-39(49-60-47(6,7)8)37-27-32(16-12-14-23-51)36(17-13-15-24-52)43-38-28-35(58-34-18-20-40(55-9)33(26-34)30-53)19-21-41(38)59-48(42,44(37)43)57-25-11-2/h11,18-21,26-28,30,32,36,42-44,51-52H,2,10,12-17,22-25,29,31H2,1,3-9H3. The first-order valence-corrected chi connectivity index (χ1v) is 21.6. The van der Waals surface area contributed by atoms with Crippen molar-refractivity contribution in [3.05, 3.63) is 71.8 Å². The number of aldehydes is 1. The topological polar surface area (TPSA) is 146 Å². The maximum Gasteiger partial charge on any atom is 0.410 e. The lowest BCUT2D eigenvalue weighted by atomic mass is 9.55. The Morgan fingerprint density at radius 1 is 1.02 bits per heavy atom. The van der Waals surface area contributed by atoms with Gasteiger partial charge in [-0.1, -0.05) is 57.8 Å². The number of aliphatic hydroxyl groups is 2. The molecule has 1 heterocycles. The predicted octanol–water partition coefficient (Wildman–Crippen LogP) is 9.63. The summed E-state index contributed by atoms with van der Waals surface area (Å²) in [6, 6.07) is 10.2. The number of benzene rings is 2. The number of hydrogen-bond donors (Lipinski definition) is 2. The summed E-state index contributed by atoms with van der Waals surface area (Å²) in [7, 11) is 1.52. The molecule has 12 heteroatoms. The summed E-state index contributed by atoms with van der Waals surface area (Å²) in [5, 5.41) is 24.7. The number of fused-ring (bicyclic) bond motifs is 2. The van der Waals surface area contributed by atoms with Crippen LogP contribution in [-0.4, -0.2) is 90.7 Å².